The molecule has 2 aromatic carbocycles. The summed E-state index contributed by atoms with van der Waals surface area (Å²) in [6.07, 6.45) is 0. The number of carbonyl (C=O) groups is 2. The van der Waals surface area contributed by atoms with E-state index in [4.69, 9.17) is 0 Å². The Morgan fingerprint density at radius 3 is 1.00 bits per heavy atom. The first-order chi connectivity index (χ1) is 10.6. The minimum Gasteiger partial charge on any atom is -0.545 e. The summed E-state index contributed by atoms with van der Waals surface area (Å²) >= 11 is 0. The van der Waals surface area contributed by atoms with E-state index in [1.54, 1.807) is 24.3 Å². The first kappa shape index (κ1) is 19.4. The van der Waals surface area contributed by atoms with Crippen molar-refractivity contribution >= 4 is 11.9 Å². The van der Waals surface area contributed by atoms with E-state index in [1.807, 2.05) is 27.7 Å². The van der Waals surface area contributed by atoms with Gasteiger partial charge in [0, 0.05) is 0 Å². The zero-order valence-electron chi connectivity index (χ0n) is 13.3. The maximum atomic E-state index is 10.6. The summed E-state index contributed by atoms with van der Waals surface area (Å²) in [6.45, 7) is 8.00. The van der Waals surface area contributed by atoms with Crippen LogP contribution in [0.1, 0.15) is 48.4 Å². The van der Waals surface area contributed by atoms with Crippen LogP contribution in [0.4, 0.5) is 0 Å². The van der Waals surface area contributed by atoms with E-state index in [2.05, 4.69) is 0 Å². The molecule has 0 spiro atoms. The Labute approximate surface area is 131 Å². The van der Waals surface area contributed by atoms with Crippen LogP contribution in [0.3, 0.4) is 0 Å². The Kier molecular flexibility index (Phi) is 8.95. The second-order valence-corrected chi connectivity index (χ2v) is 3.73. The Bertz CT molecular complexity index is 528. The molecule has 118 valence electrons. The fourth-order valence-corrected chi connectivity index (χ4v) is 1.60. The van der Waals surface area contributed by atoms with Crippen LogP contribution in [-0.2, 0) is 0 Å². The lowest BCUT2D eigenvalue weighted by molar-refractivity contribution is -0.256. The maximum Gasteiger partial charge on any atom is 0.0715 e. The highest BCUT2D eigenvalue weighted by molar-refractivity contribution is 5.88. The number of hydrogen-bond donors (Lipinski definition) is 0. The van der Waals surface area contributed by atoms with E-state index in [9.17, 15) is 19.8 Å². The predicted octanol–water partition coefficient (Wildman–Crippen LogP) is 2.13. The Hall–Kier alpha value is -2.62. The number of benzene rings is 2. The molecule has 0 saturated carbocycles. The van der Waals surface area contributed by atoms with Gasteiger partial charge in [-0.2, -0.15) is 0 Å². The molecule has 0 aliphatic heterocycles. The number of carboxylic acids is 2. The van der Waals surface area contributed by atoms with Gasteiger partial charge in [-0.15, -0.1) is 0 Å². The van der Waals surface area contributed by atoms with Gasteiger partial charge < -0.3 is 19.8 Å². The molecule has 22 heavy (non-hydrogen) atoms. The van der Waals surface area contributed by atoms with Crippen LogP contribution in [0.5, 0.6) is 0 Å². The average Bonchev–Trinajstić information content (AvgIpc) is 2.58. The van der Waals surface area contributed by atoms with Crippen molar-refractivity contribution in [3.8, 4) is 11.1 Å². The number of carbonyl (C=O) groups excluding carboxylic acids is 2. The molecule has 2 rings (SSSR count). The van der Waals surface area contributed by atoms with Gasteiger partial charge in [0.15, 0.2) is 0 Å². The largest absolute Gasteiger partial charge is 0.545 e. The van der Waals surface area contributed by atoms with E-state index in [0.717, 1.165) is 11.1 Å². The monoisotopic (exact) mass is 300 g/mol. The summed E-state index contributed by atoms with van der Waals surface area (Å²) in [4.78, 5) is 21.2. The lowest BCUT2D eigenvalue weighted by atomic mass is 10.0. The zero-order chi connectivity index (χ0) is 17.1. The van der Waals surface area contributed by atoms with Crippen LogP contribution < -0.4 is 10.2 Å². The van der Waals surface area contributed by atoms with Crippen molar-refractivity contribution in [2.75, 3.05) is 0 Å². The molecule has 0 N–H and O–H groups in total. The molecule has 0 atom stereocenters. The minimum atomic E-state index is -1.23. The molecular weight excluding hydrogens is 280 g/mol. The lowest BCUT2D eigenvalue weighted by Crippen LogP contribution is -2.22. The third-order valence-electron chi connectivity index (χ3n) is 2.57. The molecule has 4 nitrogen and oxygen atoms in total. The SMILES string of the molecule is CC.CC.O=C([O-])c1ccc(-c2ccc(C(=O)[O-])cc2)cc1. The van der Waals surface area contributed by atoms with Crippen molar-refractivity contribution < 1.29 is 19.8 Å². The van der Waals surface area contributed by atoms with Gasteiger partial charge in [-0.3, -0.25) is 0 Å². The molecule has 0 aliphatic rings. The van der Waals surface area contributed by atoms with Crippen molar-refractivity contribution in [2.24, 2.45) is 0 Å². The molecule has 4 heteroatoms. The summed E-state index contributed by atoms with van der Waals surface area (Å²) < 4.78 is 0. The molecule has 0 radical (unpaired) electrons. The normalized spacial score (nSPS) is 8.73. The number of carboxylic acid groups (broad SMARTS) is 2. The molecule has 0 unspecified atom stereocenters. The summed E-state index contributed by atoms with van der Waals surface area (Å²) in [5, 5.41) is 21.2. The van der Waals surface area contributed by atoms with Crippen LogP contribution in [0, 0.1) is 0 Å². The van der Waals surface area contributed by atoms with Crippen LogP contribution in [0.15, 0.2) is 48.5 Å². The Balaban J connectivity index is 0.00000102. The standard InChI is InChI=1S/C14H10O4.2C2H6/c15-13(16)11-5-1-9(2-6-11)10-3-7-12(8-4-10)14(17)18;2*1-2/h1-8H,(H,15,16)(H,17,18);2*1-2H3/p-2. The second kappa shape index (κ2) is 10.2. The van der Waals surface area contributed by atoms with Crippen molar-refractivity contribution in [1.82, 2.24) is 0 Å². The van der Waals surface area contributed by atoms with Gasteiger partial charge in [-0.1, -0.05) is 76.2 Å². The zero-order valence-corrected chi connectivity index (χ0v) is 13.3. The van der Waals surface area contributed by atoms with Gasteiger partial charge in [0.1, 0.15) is 0 Å². The molecule has 0 fully saturated rings. The summed E-state index contributed by atoms with van der Waals surface area (Å²) in [7, 11) is 0. The molecule has 2 aromatic rings. The minimum absolute atomic E-state index is 0.102. The van der Waals surface area contributed by atoms with Gasteiger partial charge in [0.25, 0.3) is 0 Å². The van der Waals surface area contributed by atoms with Gasteiger partial charge in [-0.05, 0) is 22.3 Å². The van der Waals surface area contributed by atoms with Gasteiger partial charge in [0.2, 0.25) is 0 Å². The molecular formula is C18H20O4-2. The van der Waals surface area contributed by atoms with E-state index in [0.29, 0.717) is 0 Å². The average molecular weight is 300 g/mol. The van der Waals surface area contributed by atoms with Gasteiger partial charge >= 0.3 is 0 Å². The van der Waals surface area contributed by atoms with Crippen LogP contribution in [0.25, 0.3) is 11.1 Å². The molecule has 0 amide bonds. The van der Waals surface area contributed by atoms with Crippen molar-refractivity contribution in [1.29, 1.82) is 0 Å². The predicted molar refractivity (Wildman–Crippen MR) is 83.2 cm³/mol. The first-order valence-corrected chi connectivity index (χ1v) is 7.21. The fourth-order valence-electron chi connectivity index (χ4n) is 1.60. The van der Waals surface area contributed by atoms with Crippen LogP contribution >= 0.6 is 0 Å². The topological polar surface area (TPSA) is 80.3 Å². The first-order valence-electron chi connectivity index (χ1n) is 7.21. The van der Waals surface area contributed by atoms with Gasteiger partial charge in [0.05, 0.1) is 11.9 Å². The maximum absolute atomic E-state index is 10.6. The van der Waals surface area contributed by atoms with E-state index < -0.39 is 11.9 Å². The fraction of sp³-hybridized carbons (Fsp3) is 0.222. The third kappa shape index (κ3) is 5.40. The smallest absolute Gasteiger partial charge is 0.0715 e. The highest BCUT2D eigenvalue weighted by Gasteiger charge is 1.99. The van der Waals surface area contributed by atoms with Crippen molar-refractivity contribution in [3.63, 3.8) is 0 Å². The van der Waals surface area contributed by atoms with Crippen LogP contribution in [-0.4, -0.2) is 11.9 Å². The van der Waals surface area contributed by atoms with Gasteiger partial charge in [-0.25, -0.2) is 0 Å². The molecule has 0 aliphatic carbocycles. The quantitative estimate of drug-likeness (QED) is 0.869. The molecule has 0 bridgehead atoms. The van der Waals surface area contributed by atoms with E-state index >= 15 is 0 Å². The number of rotatable bonds is 3. The molecule has 0 saturated heterocycles. The summed E-state index contributed by atoms with van der Waals surface area (Å²) in [6, 6.07) is 12.3. The highest BCUT2D eigenvalue weighted by atomic mass is 16.4. The summed E-state index contributed by atoms with van der Waals surface area (Å²) in [5.74, 6) is -2.46. The second-order valence-electron chi connectivity index (χ2n) is 3.73. The van der Waals surface area contributed by atoms with Crippen molar-refractivity contribution in [3.05, 3.63) is 59.7 Å². The van der Waals surface area contributed by atoms with E-state index in [-0.39, 0.29) is 11.1 Å². The Morgan fingerprint density at radius 2 is 0.818 bits per heavy atom. The third-order valence-corrected chi connectivity index (χ3v) is 2.57. The van der Waals surface area contributed by atoms with Crippen molar-refractivity contribution in [2.45, 2.75) is 27.7 Å². The molecule has 0 aromatic heterocycles. The highest BCUT2D eigenvalue weighted by Crippen LogP contribution is 2.20. The lowest BCUT2D eigenvalue weighted by Gasteiger charge is -2.07. The number of aromatic carboxylic acids is 2. The van der Waals surface area contributed by atoms with E-state index in [1.165, 1.54) is 24.3 Å². The molecule has 0 heterocycles. The number of hydrogen-bond acceptors (Lipinski definition) is 4. The van der Waals surface area contributed by atoms with Crippen LogP contribution in [0.2, 0.25) is 0 Å². The Morgan fingerprint density at radius 1 is 0.591 bits per heavy atom. The summed E-state index contributed by atoms with van der Waals surface area (Å²) in [5.41, 5.74) is 1.80.